The second-order valence-corrected chi connectivity index (χ2v) is 10.4. The fourth-order valence-electron chi connectivity index (χ4n) is 4.47. The lowest BCUT2D eigenvalue weighted by Gasteiger charge is -2.39. The number of aliphatic hydroxyl groups is 1. The van der Waals surface area contributed by atoms with E-state index in [1.807, 2.05) is 48.5 Å². The largest absolute Gasteiger partial charge is 0.470 e. The number of sulfonamides is 1. The number of aromatic nitrogens is 1. The first-order valence-electron chi connectivity index (χ1n) is 11.5. The molecule has 1 aromatic heterocycles. The van der Waals surface area contributed by atoms with Gasteiger partial charge in [-0.1, -0.05) is 60.7 Å². The lowest BCUT2D eigenvalue weighted by molar-refractivity contribution is 0.0318. The van der Waals surface area contributed by atoms with Crippen molar-refractivity contribution in [3.05, 3.63) is 102 Å². The standard InChI is InChI=1S/C27H27N3O4S/c31-24(22-10-6-16-28-17-22)18-29-19-27(15-14-21-8-2-4-12-25(21)34-27)30-35(32,33)26-13-5-9-20-7-1-3-11-23(20)26/h1-13,16-17,24,29-31H,14-15,18-19H2. The van der Waals surface area contributed by atoms with Crippen LogP contribution < -0.4 is 14.8 Å². The molecule has 2 heterocycles. The zero-order valence-corrected chi connectivity index (χ0v) is 19.9. The minimum absolute atomic E-state index is 0.169. The highest BCUT2D eigenvalue weighted by Crippen LogP contribution is 2.33. The Bertz CT molecular complexity index is 1420. The van der Waals surface area contributed by atoms with E-state index in [0.29, 0.717) is 29.5 Å². The van der Waals surface area contributed by atoms with E-state index in [0.717, 1.165) is 10.9 Å². The van der Waals surface area contributed by atoms with Crippen molar-refractivity contribution in [2.75, 3.05) is 13.1 Å². The summed E-state index contributed by atoms with van der Waals surface area (Å²) in [5.74, 6) is 0.647. The number of benzene rings is 3. The van der Waals surface area contributed by atoms with Crippen LogP contribution in [0.15, 0.2) is 96.2 Å². The van der Waals surface area contributed by atoms with Gasteiger partial charge in [-0.25, -0.2) is 8.42 Å². The molecule has 2 unspecified atom stereocenters. The van der Waals surface area contributed by atoms with Crippen LogP contribution in [0.3, 0.4) is 0 Å². The van der Waals surface area contributed by atoms with Crippen molar-refractivity contribution < 1.29 is 18.3 Å². The van der Waals surface area contributed by atoms with Crippen LogP contribution >= 0.6 is 0 Å². The van der Waals surface area contributed by atoms with Crippen molar-refractivity contribution in [2.24, 2.45) is 0 Å². The Kier molecular flexibility index (Phi) is 6.53. The van der Waals surface area contributed by atoms with Crippen LogP contribution in [0.25, 0.3) is 10.8 Å². The van der Waals surface area contributed by atoms with Gasteiger partial charge in [0.15, 0.2) is 5.72 Å². The molecule has 4 aromatic rings. The lowest BCUT2D eigenvalue weighted by Crippen LogP contribution is -2.60. The minimum atomic E-state index is -3.94. The average Bonchev–Trinajstić information content (AvgIpc) is 2.88. The molecule has 3 N–H and O–H groups in total. The Morgan fingerprint density at radius 3 is 2.66 bits per heavy atom. The molecule has 0 radical (unpaired) electrons. The maximum atomic E-state index is 13.7. The number of rotatable bonds is 8. The number of para-hydroxylation sites is 1. The summed E-state index contributed by atoms with van der Waals surface area (Å²) in [6, 6.07) is 23.8. The number of hydrogen-bond donors (Lipinski definition) is 3. The Hall–Kier alpha value is -3.30. The normalized spacial score (nSPS) is 18.5. The number of pyridine rings is 1. The van der Waals surface area contributed by atoms with E-state index in [-0.39, 0.29) is 18.0 Å². The van der Waals surface area contributed by atoms with E-state index in [2.05, 4.69) is 15.0 Å². The maximum Gasteiger partial charge on any atom is 0.244 e. The van der Waals surface area contributed by atoms with Gasteiger partial charge in [-0.3, -0.25) is 4.98 Å². The molecule has 0 spiro atoms. The van der Waals surface area contributed by atoms with Crippen LogP contribution in [0.2, 0.25) is 0 Å². The van der Waals surface area contributed by atoms with Crippen molar-refractivity contribution >= 4 is 20.8 Å². The number of nitrogens with one attached hydrogen (secondary N) is 2. The zero-order valence-electron chi connectivity index (χ0n) is 19.1. The Morgan fingerprint density at radius 1 is 1.00 bits per heavy atom. The first-order chi connectivity index (χ1) is 17.0. The van der Waals surface area contributed by atoms with Gasteiger partial charge in [0, 0.05) is 36.3 Å². The highest BCUT2D eigenvalue weighted by molar-refractivity contribution is 7.89. The van der Waals surface area contributed by atoms with E-state index in [1.165, 1.54) is 0 Å². The summed E-state index contributed by atoms with van der Waals surface area (Å²) in [6.45, 7) is 0.386. The molecule has 0 fully saturated rings. The van der Waals surface area contributed by atoms with Crippen LogP contribution in [-0.4, -0.2) is 37.3 Å². The van der Waals surface area contributed by atoms with E-state index in [4.69, 9.17) is 4.74 Å². The summed E-state index contributed by atoms with van der Waals surface area (Å²) in [6.07, 6.45) is 3.56. The summed E-state index contributed by atoms with van der Waals surface area (Å²) in [7, 11) is -3.94. The van der Waals surface area contributed by atoms with E-state index < -0.39 is 21.9 Å². The monoisotopic (exact) mass is 489 g/mol. The molecule has 5 rings (SSSR count). The van der Waals surface area contributed by atoms with E-state index in [9.17, 15) is 13.5 Å². The first kappa shape index (κ1) is 23.4. The zero-order chi connectivity index (χ0) is 24.3. The molecular formula is C27H27N3O4S. The van der Waals surface area contributed by atoms with Crippen molar-refractivity contribution in [2.45, 2.75) is 29.6 Å². The fourth-order valence-corrected chi connectivity index (χ4v) is 6.02. The Morgan fingerprint density at radius 2 is 1.80 bits per heavy atom. The van der Waals surface area contributed by atoms with Crippen LogP contribution in [-0.2, 0) is 16.4 Å². The molecule has 0 saturated heterocycles. The summed E-state index contributed by atoms with van der Waals surface area (Å²) < 4.78 is 36.5. The van der Waals surface area contributed by atoms with Crippen molar-refractivity contribution in [3.63, 3.8) is 0 Å². The van der Waals surface area contributed by atoms with Gasteiger partial charge in [0.2, 0.25) is 10.0 Å². The smallest absolute Gasteiger partial charge is 0.244 e. The molecule has 0 bridgehead atoms. The Labute approximate surface area is 204 Å². The molecule has 0 amide bonds. The minimum Gasteiger partial charge on any atom is -0.470 e. The fraction of sp³-hybridized carbons (Fsp3) is 0.222. The molecule has 180 valence electrons. The molecule has 3 aromatic carbocycles. The molecule has 2 atom stereocenters. The number of nitrogens with zero attached hydrogens (tertiary/aromatic N) is 1. The predicted molar refractivity (Wildman–Crippen MR) is 134 cm³/mol. The molecule has 7 nitrogen and oxygen atoms in total. The van der Waals surface area contributed by atoms with Crippen LogP contribution in [0, 0.1) is 0 Å². The quantitative estimate of drug-likeness (QED) is 0.350. The summed E-state index contributed by atoms with van der Waals surface area (Å²) in [5.41, 5.74) is 0.488. The van der Waals surface area contributed by atoms with Crippen molar-refractivity contribution in [3.8, 4) is 5.75 Å². The second kappa shape index (κ2) is 9.75. The van der Waals surface area contributed by atoms with Crippen molar-refractivity contribution in [1.29, 1.82) is 0 Å². The van der Waals surface area contributed by atoms with E-state index in [1.54, 1.807) is 42.7 Å². The molecular weight excluding hydrogens is 462 g/mol. The molecule has 1 aliphatic heterocycles. The number of ether oxygens (including phenoxy) is 1. The Balaban J connectivity index is 1.42. The van der Waals surface area contributed by atoms with Gasteiger partial charge in [0.1, 0.15) is 5.75 Å². The molecule has 0 saturated carbocycles. The van der Waals surface area contributed by atoms with E-state index >= 15 is 0 Å². The third kappa shape index (κ3) is 5.06. The highest BCUT2D eigenvalue weighted by atomic mass is 32.2. The SMILES string of the molecule is O=S(=O)(NC1(CNCC(O)c2cccnc2)CCc2ccccc2O1)c1cccc2ccccc12. The molecule has 35 heavy (non-hydrogen) atoms. The second-order valence-electron chi connectivity index (χ2n) is 8.72. The molecule has 1 aliphatic rings. The predicted octanol–water partition coefficient (Wildman–Crippen LogP) is 3.56. The summed E-state index contributed by atoms with van der Waals surface area (Å²) in [5, 5.41) is 15.2. The molecule has 0 aliphatic carbocycles. The van der Waals surface area contributed by atoms with Crippen molar-refractivity contribution in [1.82, 2.24) is 15.0 Å². The van der Waals surface area contributed by atoms with Gasteiger partial charge in [-0.2, -0.15) is 4.72 Å². The van der Waals surface area contributed by atoms with Gasteiger partial charge >= 0.3 is 0 Å². The number of aryl methyl sites for hydroxylation is 1. The topological polar surface area (TPSA) is 101 Å². The number of aliphatic hydroxyl groups excluding tert-OH is 1. The first-order valence-corrected chi connectivity index (χ1v) is 13.0. The lowest BCUT2D eigenvalue weighted by atomic mass is 9.98. The average molecular weight is 490 g/mol. The van der Waals surface area contributed by atoms with Crippen LogP contribution in [0.5, 0.6) is 5.75 Å². The van der Waals surface area contributed by atoms with Crippen LogP contribution in [0.4, 0.5) is 0 Å². The van der Waals surface area contributed by atoms with Gasteiger partial charge in [-0.15, -0.1) is 0 Å². The third-order valence-corrected chi connectivity index (χ3v) is 7.83. The maximum absolute atomic E-state index is 13.7. The third-order valence-electron chi connectivity index (χ3n) is 6.25. The van der Waals surface area contributed by atoms with Gasteiger partial charge in [-0.05, 0) is 35.6 Å². The van der Waals surface area contributed by atoms with Gasteiger partial charge in [0.25, 0.3) is 0 Å². The highest BCUT2D eigenvalue weighted by Gasteiger charge is 2.40. The number of fused-ring (bicyclic) bond motifs is 2. The van der Waals surface area contributed by atoms with Gasteiger partial charge < -0.3 is 15.2 Å². The van der Waals surface area contributed by atoms with Gasteiger partial charge in [0.05, 0.1) is 17.5 Å². The molecule has 8 heteroatoms. The number of hydrogen-bond acceptors (Lipinski definition) is 6. The summed E-state index contributed by atoms with van der Waals surface area (Å²) >= 11 is 0. The summed E-state index contributed by atoms with van der Waals surface area (Å²) in [4.78, 5) is 4.25. The van der Waals surface area contributed by atoms with Crippen LogP contribution in [0.1, 0.15) is 23.7 Å².